The highest BCUT2D eigenvalue weighted by Gasteiger charge is 2.29. The lowest BCUT2D eigenvalue weighted by Gasteiger charge is -2.24. The first-order valence-electron chi connectivity index (χ1n) is 7.55. The van der Waals surface area contributed by atoms with Crippen molar-refractivity contribution in [3.63, 3.8) is 0 Å². The van der Waals surface area contributed by atoms with E-state index in [1.807, 2.05) is 12.1 Å². The van der Waals surface area contributed by atoms with Gasteiger partial charge in [0, 0.05) is 29.2 Å². The maximum absolute atomic E-state index is 5.57. The summed E-state index contributed by atoms with van der Waals surface area (Å²) in [5.74, 6) is 0.872. The van der Waals surface area contributed by atoms with E-state index in [4.69, 9.17) is 17.0 Å². The molecule has 0 bridgehead atoms. The third kappa shape index (κ3) is 2.63. The van der Waals surface area contributed by atoms with Crippen molar-refractivity contribution >= 4 is 17.2 Å². The van der Waals surface area contributed by atoms with E-state index in [0.29, 0.717) is 0 Å². The number of nitrogens with zero attached hydrogens (tertiary/aromatic N) is 1. The smallest absolute Gasteiger partial charge is 0.119 e. The number of ether oxygens (including phenoxy) is 1. The largest absolute Gasteiger partial charge is 0.497 e. The van der Waals surface area contributed by atoms with Crippen LogP contribution < -0.4 is 10.1 Å². The van der Waals surface area contributed by atoms with Crippen molar-refractivity contribution in [2.24, 2.45) is 5.41 Å². The van der Waals surface area contributed by atoms with Crippen molar-refractivity contribution in [2.75, 3.05) is 13.7 Å². The Labute approximate surface area is 137 Å². The Hall–Kier alpha value is -1.81. The molecule has 0 aliphatic carbocycles. The molecule has 116 valence electrons. The van der Waals surface area contributed by atoms with Gasteiger partial charge < -0.3 is 14.6 Å². The van der Waals surface area contributed by atoms with Crippen LogP contribution in [0.25, 0.3) is 5.69 Å². The minimum absolute atomic E-state index is 0.171. The molecule has 2 heterocycles. The highest BCUT2D eigenvalue weighted by molar-refractivity contribution is 7.80. The maximum Gasteiger partial charge on any atom is 0.119 e. The van der Waals surface area contributed by atoms with E-state index < -0.39 is 0 Å². The fourth-order valence-electron chi connectivity index (χ4n) is 3.08. The van der Waals surface area contributed by atoms with Gasteiger partial charge in [-0.2, -0.15) is 0 Å². The molecule has 4 heteroatoms. The van der Waals surface area contributed by atoms with Crippen LogP contribution in [0.4, 0.5) is 0 Å². The molecule has 3 nitrogen and oxygen atoms in total. The van der Waals surface area contributed by atoms with Crippen LogP contribution in [0.3, 0.4) is 0 Å². The van der Waals surface area contributed by atoms with Gasteiger partial charge >= 0.3 is 0 Å². The second kappa shape index (κ2) is 5.43. The number of benzene rings is 1. The maximum atomic E-state index is 5.57. The lowest BCUT2D eigenvalue weighted by atomic mass is 9.88. The lowest BCUT2D eigenvalue weighted by Crippen LogP contribution is -2.31. The Morgan fingerprint density at radius 1 is 1.23 bits per heavy atom. The first kappa shape index (κ1) is 15.1. The Kier molecular flexibility index (Phi) is 3.73. The van der Waals surface area contributed by atoms with Crippen LogP contribution in [-0.4, -0.2) is 23.2 Å². The van der Waals surface area contributed by atoms with Crippen molar-refractivity contribution in [3.05, 3.63) is 47.3 Å². The number of hydrogen-bond donors (Lipinski definition) is 1. The number of methoxy groups -OCH3 is 1. The number of rotatable bonds is 2. The van der Waals surface area contributed by atoms with E-state index >= 15 is 0 Å². The fraction of sp³-hybridized carbons (Fsp3) is 0.389. The Balaban J connectivity index is 2.14. The topological polar surface area (TPSA) is 26.2 Å². The zero-order valence-corrected chi connectivity index (χ0v) is 14.4. The first-order chi connectivity index (χ1) is 10.4. The van der Waals surface area contributed by atoms with E-state index in [2.05, 4.69) is 48.9 Å². The molecule has 0 amide bonds. The van der Waals surface area contributed by atoms with Gasteiger partial charge in [0.1, 0.15) is 10.7 Å². The highest BCUT2D eigenvalue weighted by Crippen LogP contribution is 2.31. The average Bonchev–Trinajstić information content (AvgIpc) is 2.75. The molecule has 3 rings (SSSR count). The SMILES string of the molecule is COc1ccc(-n2c(C)cc3c2CC(C)(C)CNC3=S)cc1. The zero-order chi connectivity index (χ0) is 15.9. The number of fused-ring (bicyclic) bond motifs is 1. The molecule has 1 N–H and O–H groups in total. The van der Waals surface area contributed by atoms with Gasteiger partial charge in [-0.05, 0) is 49.1 Å². The van der Waals surface area contributed by atoms with Crippen LogP contribution in [0.15, 0.2) is 30.3 Å². The summed E-state index contributed by atoms with van der Waals surface area (Å²) < 4.78 is 7.57. The predicted octanol–water partition coefficient (Wildman–Crippen LogP) is 3.64. The second-order valence-electron chi connectivity index (χ2n) is 6.70. The number of thiocarbonyl (C=S) groups is 1. The monoisotopic (exact) mass is 314 g/mol. The summed E-state index contributed by atoms with van der Waals surface area (Å²) in [6, 6.07) is 10.4. The molecule has 22 heavy (non-hydrogen) atoms. The molecule has 2 aromatic rings. The van der Waals surface area contributed by atoms with Gasteiger partial charge in [-0.15, -0.1) is 0 Å². The molecular formula is C18H22N2OS. The van der Waals surface area contributed by atoms with Gasteiger partial charge in [0.2, 0.25) is 0 Å². The molecule has 0 saturated carbocycles. The molecule has 1 aromatic heterocycles. The molecule has 1 aliphatic rings. The Morgan fingerprint density at radius 2 is 1.91 bits per heavy atom. The van der Waals surface area contributed by atoms with Crippen molar-refractivity contribution in [1.82, 2.24) is 9.88 Å². The van der Waals surface area contributed by atoms with Crippen LogP contribution in [0.5, 0.6) is 5.75 Å². The Morgan fingerprint density at radius 3 is 2.55 bits per heavy atom. The van der Waals surface area contributed by atoms with E-state index in [-0.39, 0.29) is 5.41 Å². The number of aryl methyl sites for hydroxylation is 1. The molecule has 0 atom stereocenters. The number of hydrogen-bond acceptors (Lipinski definition) is 2. The van der Waals surface area contributed by atoms with E-state index in [9.17, 15) is 0 Å². The number of aromatic nitrogens is 1. The summed E-state index contributed by atoms with van der Waals surface area (Å²) in [7, 11) is 1.69. The Bertz CT molecular complexity index is 713. The van der Waals surface area contributed by atoms with E-state index in [0.717, 1.165) is 35.0 Å². The van der Waals surface area contributed by atoms with Crippen molar-refractivity contribution < 1.29 is 4.74 Å². The first-order valence-corrected chi connectivity index (χ1v) is 7.96. The van der Waals surface area contributed by atoms with Gasteiger partial charge in [0.25, 0.3) is 0 Å². The molecule has 0 saturated heterocycles. The molecule has 1 aromatic carbocycles. The highest BCUT2D eigenvalue weighted by atomic mass is 32.1. The summed E-state index contributed by atoms with van der Waals surface area (Å²) in [5, 5.41) is 3.40. The molecular weight excluding hydrogens is 292 g/mol. The molecule has 0 spiro atoms. The third-order valence-electron chi connectivity index (χ3n) is 4.24. The van der Waals surface area contributed by atoms with Gasteiger partial charge in [-0.25, -0.2) is 0 Å². The lowest BCUT2D eigenvalue weighted by molar-refractivity contribution is 0.360. The summed E-state index contributed by atoms with van der Waals surface area (Å²) in [6.45, 7) is 7.59. The third-order valence-corrected chi connectivity index (χ3v) is 4.60. The fourth-order valence-corrected chi connectivity index (χ4v) is 3.33. The van der Waals surface area contributed by atoms with Crippen LogP contribution in [-0.2, 0) is 6.42 Å². The van der Waals surface area contributed by atoms with Crippen LogP contribution in [0, 0.1) is 12.3 Å². The quantitative estimate of drug-likeness (QED) is 0.857. The van der Waals surface area contributed by atoms with Gasteiger partial charge in [-0.3, -0.25) is 0 Å². The number of nitrogens with one attached hydrogen (secondary N) is 1. The predicted molar refractivity (Wildman–Crippen MR) is 94.2 cm³/mol. The van der Waals surface area contributed by atoms with Crippen molar-refractivity contribution in [3.8, 4) is 11.4 Å². The minimum atomic E-state index is 0.171. The summed E-state index contributed by atoms with van der Waals surface area (Å²) in [6.07, 6.45) is 0.995. The van der Waals surface area contributed by atoms with Crippen molar-refractivity contribution in [2.45, 2.75) is 27.2 Å². The molecule has 1 aliphatic heterocycles. The summed E-state index contributed by atoms with van der Waals surface area (Å²) in [4.78, 5) is 0.857. The van der Waals surface area contributed by atoms with E-state index in [1.165, 1.54) is 11.4 Å². The van der Waals surface area contributed by atoms with Gasteiger partial charge in [-0.1, -0.05) is 26.1 Å². The molecule has 0 unspecified atom stereocenters. The summed E-state index contributed by atoms with van der Waals surface area (Å²) >= 11 is 5.57. The summed E-state index contributed by atoms with van der Waals surface area (Å²) in [5.41, 5.74) is 4.98. The standard InChI is InChI=1S/C18H22N2OS/c1-12-9-15-16(10-18(2,3)11-19-17(15)22)20(12)13-5-7-14(21-4)8-6-13/h5-9H,10-11H2,1-4H3,(H,19,22). The van der Waals surface area contributed by atoms with Crippen LogP contribution in [0.2, 0.25) is 0 Å². The minimum Gasteiger partial charge on any atom is -0.497 e. The van der Waals surface area contributed by atoms with Crippen LogP contribution in [0.1, 0.15) is 30.8 Å². The molecule has 0 fully saturated rings. The van der Waals surface area contributed by atoms with Crippen molar-refractivity contribution in [1.29, 1.82) is 0 Å². The second-order valence-corrected chi connectivity index (χ2v) is 7.11. The van der Waals surface area contributed by atoms with Gasteiger partial charge in [0.05, 0.1) is 7.11 Å². The average molecular weight is 314 g/mol. The van der Waals surface area contributed by atoms with Crippen LogP contribution >= 0.6 is 12.2 Å². The zero-order valence-electron chi connectivity index (χ0n) is 13.6. The van der Waals surface area contributed by atoms with E-state index in [1.54, 1.807) is 7.11 Å². The van der Waals surface area contributed by atoms with Gasteiger partial charge in [0.15, 0.2) is 0 Å². The molecule has 0 radical (unpaired) electrons. The normalized spacial score (nSPS) is 16.6.